The molecule has 2 heterocycles. The molecule has 1 aromatic rings. The van der Waals surface area contributed by atoms with E-state index < -0.39 is 53.9 Å². The summed E-state index contributed by atoms with van der Waals surface area (Å²) < 4.78 is 5.30. The van der Waals surface area contributed by atoms with Gasteiger partial charge in [0.25, 0.3) is 11.8 Å². The van der Waals surface area contributed by atoms with E-state index in [0.717, 1.165) is 31.3 Å². The third-order valence-electron chi connectivity index (χ3n) is 6.00. The zero-order chi connectivity index (χ0) is 31.4. The zero-order valence-electron chi connectivity index (χ0n) is 24.3. The first-order valence-corrected chi connectivity index (χ1v) is 13.6. The van der Waals surface area contributed by atoms with Crippen LogP contribution < -0.4 is 32.2 Å². The number of hydrogen-bond donors (Lipinski definition) is 6. The van der Waals surface area contributed by atoms with Gasteiger partial charge in [-0.2, -0.15) is 0 Å². The minimum absolute atomic E-state index is 0.00531. The molecule has 1 aliphatic carbocycles. The molecule has 0 bridgehead atoms. The highest BCUT2D eigenvalue weighted by Gasteiger charge is 2.40. The Bertz CT molecular complexity index is 1110. The van der Waals surface area contributed by atoms with Crippen molar-refractivity contribution in [2.75, 3.05) is 13.1 Å². The molecule has 3 unspecified atom stereocenters. The summed E-state index contributed by atoms with van der Waals surface area (Å²) in [7, 11) is 0. The largest absolute Gasteiger partial charge is 0.550 e. The summed E-state index contributed by atoms with van der Waals surface area (Å²) >= 11 is 0. The summed E-state index contributed by atoms with van der Waals surface area (Å²) in [6.07, 6.45) is 5.62. The van der Waals surface area contributed by atoms with Gasteiger partial charge < -0.3 is 36.3 Å². The van der Waals surface area contributed by atoms with Gasteiger partial charge in [0, 0.05) is 24.9 Å². The molecule has 3 atom stereocenters. The van der Waals surface area contributed by atoms with Crippen molar-refractivity contribution in [2.45, 2.75) is 83.5 Å². The first kappa shape index (κ1) is 33.9. The minimum Gasteiger partial charge on any atom is -0.550 e. The summed E-state index contributed by atoms with van der Waals surface area (Å²) in [6.45, 7) is 7.42. The molecule has 0 radical (unpaired) electrons. The second-order valence-electron chi connectivity index (χ2n) is 11.0. The van der Waals surface area contributed by atoms with Crippen molar-refractivity contribution in [3.05, 3.63) is 24.3 Å². The Labute approximate surface area is 244 Å². The summed E-state index contributed by atoms with van der Waals surface area (Å²) in [6, 6.07) is -2.37. The van der Waals surface area contributed by atoms with Crippen LogP contribution in [0.5, 0.6) is 0 Å². The number of carboxylic acids is 1. The average molecular weight is 591 g/mol. The van der Waals surface area contributed by atoms with Crippen LogP contribution in [-0.4, -0.2) is 87.4 Å². The van der Waals surface area contributed by atoms with Crippen molar-refractivity contribution in [3.63, 3.8) is 0 Å². The molecule has 7 N–H and O–H groups in total. The van der Waals surface area contributed by atoms with E-state index in [-0.39, 0.29) is 23.5 Å². The van der Waals surface area contributed by atoms with Gasteiger partial charge in [-0.25, -0.2) is 14.8 Å². The lowest BCUT2D eigenvalue weighted by Crippen LogP contribution is -2.58. The number of rotatable bonds is 9. The summed E-state index contributed by atoms with van der Waals surface area (Å²) in [5.74, 6) is -3.27. The fourth-order valence-electron chi connectivity index (χ4n) is 4.09. The second-order valence-corrected chi connectivity index (χ2v) is 11.0. The highest BCUT2D eigenvalue weighted by molar-refractivity contribution is 5.96. The topological polar surface area (TPSA) is 245 Å². The number of nitrogens with zero attached hydrogens (tertiary/aromatic N) is 3. The van der Waals surface area contributed by atoms with Crippen LogP contribution in [0, 0.1) is 11.3 Å². The lowest BCUT2D eigenvalue weighted by atomic mass is 9.90. The van der Waals surface area contributed by atoms with Gasteiger partial charge in [-0.1, -0.05) is 0 Å². The third kappa shape index (κ3) is 12.0. The molecule has 232 valence electrons. The molecule has 3 rings (SSSR count). The van der Waals surface area contributed by atoms with Gasteiger partial charge in [-0.15, -0.1) is 0 Å². The lowest BCUT2D eigenvalue weighted by Gasteiger charge is -2.32. The molecule has 1 saturated carbocycles. The van der Waals surface area contributed by atoms with E-state index in [1.54, 1.807) is 20.8 Å². The van der Waals surface area contributed by atoms with Crippen LogP contribution in [0.15, 0.2) is 18.6 Å². The van der Waals surface area contributed by atoms with Crippen molar-refractivity contribution in [2.24, 2.45) is 11.7 Å². The lowest BCUT2D eigenvalue weighted by molar-refractivity contribution is -0.302. The number of amidine groups is 1. The van der Waals surface area contributed by atoms with Crippen molar-refractivity contribution in [1.82, 2.24) is 36.4 Å². The predicted molar refractivity (Wildman–Crippen MR) is 147 cm³/mol. The van der Waals surface area contributed by atoms with Crippen LogP contribution in [0.1, 0.15) is 70.3 Å². The SMILES string of the molecule is CC(=O)[O-].CC(C)(C)OC(=O)NC(CC(=O)NC(C(=N)N)C1CCCNC1)C(=O)N(NC(=O)c1cnccn1)C1CC1. The fraction of sp³-hybridized carbons (Fsp3) is 0.615. The number of hydrazine groups is 1. The van der Waals surface area contributed by atoms with Gasteiger partial charge in [0.2, 0.25) is 5.91 Å². The van der Waals surface area contributed by atoms with E-state index in [9.17, 15) is 19.2 Å². The first-order valence-electron chi connectivity index (χ1n) is 13.6. The molecular weight excluding hydrogens is 550 g/mol. The number of aliphatic carboxylic acids is 1. The van der Waals surface area contributed by atoms with Gasteiger partial charge in [0.05, 0.1) is 24.7 Å². The molecule has 1 saturated heterocycles. The molecule has 16 heteroatoms. The van der Waals surface area contributed by atoms with Crippen molar-refractivity contribution in [1.29, 1.82) is 5.41 Å². The average Bonchev–Trinajstić information content (AvgIpc) is 3.74. The Morgan fingerprint density at radius 3 is 2.36 bits per heavy atom. The van der Waals surface area contributed by atoms with E-state index in [1.165, 1.54) is 18.6 Å². The minimum atomic E-state index is -1.36. The number of ether oxygens (including phenoxy) is 1. The Balaban J connectivity index is 0.00000144. The number of carboxylic acid groups (broad SMARTS) is 1. The van der Waals surface area contributed by atoms with E-state index in [2.05, 4.69) is 31.3 Å². The second kappa shape index (κ2) is 15.6. The molecule has 1 aliphatic heterocycles. The van der Waals surface area contributed by atoms with Gasteiger partial charge >= 0.3 is 6.09 Å². The van der Waals surface area contributed by atoms with E-state index >= 15 is 0 Å². The smallest absolute Gasteiger partial charge is 0.408 e. The van der Waals surface area contributed by atoms with Gasteiger partial charge in [-0.05, 0) is 65.8 Å². The van der Waals surface area contributed by atoms with E-state index in [4.69, 9.17) is 25.8 Å². The number of piperidine rings is 1. The molecule has 42 heavy (non-hydrogen) atoms. The standard InChI is InChI=1S/C24H37N9O5.C2H4O2/c1-24(2,3)38-23(37)30-16(11-18(34)31-19(20(25)26)14-5-4-8-27-12-14)22(36)33(15-6-7-15)32-21(35)17-13-28-9-10-29-17;1-2(3)4/h9-10,13-16,19,27H,4-8,11-12H2,1-3H3,(H3,25,26)(H,30,37)(H,31,34)(H,32,35);1H3,(H,3,4)/p-1. The van der Waals surface area contributed by atoms with Gasteiger partial charge in [0.15, 0.2) is 0 Å². The maximum Gasteiger partial charge on any atom is 0.408 e. The highest BCUT2D eigenvalue weighted by Crippen LogP contribution is 2.26. The number of carbonyl (C=O) groups is 5. The summed E-state index contributed by atoms with van der Waals surface area (Å²) in [5, 5.41) is 26.4. The molecule has 2 aliphatic rings. The monoisotopic (exact) mass is 590 g/mol. The number of hydrogen-bond acceptors (Lipinski definition) is 11. The van der Waals surface area contributed by atoms with Crippen molar-refractivity contribution >= 4 is 35.6 Å². The number of aromatic nitrogens is 2. The number of nitrogens with one attached hydrogen (secondary N) is 5. The van der Waals surface area contributed by atoms with E-state index in [0.29, 0.717) is 19.4 Å². The first-order chi connectivity index (χ1) is 19.7. The van der Waals surface area contributed by atoms with Crippen LogP contribution in [0.4, 0.5) is 4.79 Å². The van der Waals surface area contributed by atoms with Crippen LogP contribution in [-0.2, 0) is 19.1 Å². The zero-order valence-corrected chi connectivity index (χ0v) is 24.3. The van der Waals surface area contributed by atoms with Gasteiger partial charge in [-0.3, -0.25) is 30.2 Å². The normalized spacial score (nSPS) is 17.7. The number of carbonyl (C=O) groups excluding carboxylic acids is 5. The number of alkyl carbamates (subject to hydrolysis) is 1. The van der Waals surface area contributed by atoms with Gasteiger partial charge in [0.1, 0.15) is 23.2 Å². The third-order valence-corrected chi connectivity index (χ3v) is 6.00. The van der Waals surface area contributed by atoms with Crippen molar-refractivity contribution in [3.8, 4) is 0 Å². The molecule has 0 spiro atoms. The number of amides is 4. The Morgan fingerprint density at radius 2 is 1.86 bits per heavy atom. The van der Waals surface area contributed by atoms with Crippen LogP contribution >= 0.6 is 0 Å². The summed E-state index contributed by atoms with van der Waals surface area (Å²) in [5.41, 5.74) is 7.48. The molecular formula is C26H40N9O7-. The fourth-order valence-corrected chi connectivity index (χ4v) is 4.09. The Kier molecular flexibility index (Phi) is 12.6. The molecule has 2 fully saturated rings. The van der Waals surface area contributed by atoms with Crippen LogP contribution in [0.3, 0.4) is 0 Å². The van der Waals surface area contributed by atoms with Crippen LogP contribution in [0.2, 0.25) is 0 Å². The maximum absolute atomic E-state index is 13.6. The van der Waals surface area contributed by atoms with Crippen LogP contribution in [0.25, 0.3) is 0 Å². The number of nitrogens with two attached hydrogens (primary N) is 1. The predicted octanol–water partition coefficient (Wildman–Crippen LogP) is -1.43. The maximum atomic E-state index is 13.6. The Morgan fingerprint density at radius 1 is 1.19 bits per heavy atom. The Hall–Kier alpha value is -4.34. The molecule has 4 amide bonds. The molecule has 16 nitrogen and oxygen atoms in total. The van der Waals surface area contributed by atoms with Crippen molar-refractivity contribution < 1.29 is 33.8 Å². The molecule has 0 aromatic carbocycles. The quantitative estimate of drug-likeness (QED) is 0.111. The van der Waals surface area contributed by atoms with E-state index in [1.807, 2.05) is 0 Å². The molecule has 1 aromatic heterocycles. The summed E-state index contributed by atoms with van der Waals surface area (Å²) in [4.78, 5) is 68.7. The highest BCUT2D eigenvalue weighted by atomic mass is 16.6.